The maximum atomic E-state index is 13.2. The van der Waals surface area contributed by atoms with Gasteiger partial charge in [-0.2, -0.15) is 4.31 Å². The molecule has 3 rings (SSSR count). The van der Waals surface area contributed by atoms with Gasteiger partial charge >= 0.3 is 0 Å². The van der Waals surface area contributed by atoms with Gasteiger partial charge in [-0.25, -0.2) is 13.4 Å². The lowest BCUT2D eigenvalue weighted by Gasteiger charge is -2.39. The van der Waals surface area contributed by atoms with Crippen molar-refractivity contribution < 1.29 is 13.2 Å². The first-order valence-electron chi connectivity index (χ1n) is 11.6. The van der Waals surface area contributed by atoms with E-state index in [9.17, 15) is 8.42 Å². The number of nitrogens with zero attached hydrogens (tertiary/aromatic N) is 2. The van der Waals surface area contributed by atoms with Gasteiger partial charge in [0.2, 0.25) is 10.0 Å². The molecule has 0 bridgehead atoms. The second kappa shape index (κ2) is 10.8. The van der Waals surface area contributed by atoms with Gasteiger partial charge in [0.25, 0.3) is 0 Å². The average molecular weight is 460 g/mol. The van der Waals surface area contributed by atoms with E-state index in [-0.39, 0.29) is 18.1 Å². The minimum Gasteiger partial charge on any atom is -0.491 e. The first-order chi connectivity index (χ1) is 15.3. The molecular formula is C25H37N3O3S. The predicted octanol–water partition coefficient (Wildman–Crippen LogP) is 4.37. The molecule has 2 atom stereocenters. The van der Waals surface area contributed by atoms with Crippen LogP contribution in [0.4, 0.5) is 0 Å². The van der Waals surface area contributed by atoms with Gasteiger partial charge in [0.1, 0.15) is 5.75 Å². The molecule has 2 aromatic carbocycles. The van der Waals surface area contributed by atoms with Crippen LogP contribution in [0.2, 0.25) is 0 Å². The summed E-state index contributed by atoms with van der Waals surface area (Å²) in [6, 6.07) is 15.7. The van der Waals surface area contributed by atoms with Crippen molar-refractivity contribution in [3.8, 4) is 5.75 Å². The van der Waals surface area contributed by atoms with Crippen LogP contribution in [-0.2, 0) is 16.4 Å². The number of hydrogen-bond acceptors (Lipinski definition) is 5. The van der Waals surface area contributed by atoms with Crippen LogP contribution >= 0.6 is 0 Å². The maximum Gasteiger partial charge on any atom is 0.243 e. The zero-order valence-electron chi connectivity index (χ0n) is 19.7. The zero-order chi connectivity index (χ0) is 23.3. The third-order valence-electron chi connectivity index (χ3n) is 6.16. The van der Waals surface area contributed by atoms with Crippen LogP contribution in [0.25, 0.3) is 0 Å². The number of hydrazine groups is 1. The third kappa shape index (κ3) is 5.52. The number of rotatable bonds is 9. The highest BCUT2D eigenvalue weighted by molar-refractivity contribution is 7.89. The molecule has 2 N–H and O–H groups in total. The van der Waals surface area contributed by atoms with E-state index in [2.05, 4.69) is 12.1 Å². The summed E-state index contributed by atoms with van der Waals surface area (Å²) in [4.78, 5) is 0.323. The average Bonchev–Trinajstić information content (AvgIpc) is 2.76. The summed E-state index contributed by atoms with van der Waals surface area (Å²) < 4.78 is 33.9. The molecule has 0 unspecified atom stereocenters. The third-order valence-corrected chi connectivity index (χ3v) is 8.20. The van der Waals surface area contributed by atoms with E-state index in [4.69, 9.17) is 10.6 Å². The fourth-order valence-corrected chi connectivity index (χ4v) is 6.18. The number of benzene rings is 2. The van der Waals surface area contributed by atoms with Crippen LogP contribution in [-0.4, -0.2) is 43.5 Å². The van der Waals surface area contributed by atoms with E-state index in [0.717, 1.165) is 30.7 Å². The molecule has 1 aliphatic rings. The van der Waals surface area contributed by atoms with E-state index < -0.39 is 10.0 Å². The van der Waals surface area contributed by atoms with E-state index in [0.29, 0.717) is 24.4 Å². The fraction of sp³-hybridized carbons (Fsp3) is 0.520. The monoisotopic (exact) mass is 459 g/mol. The van der Waals surface area contributed by atoms with Crippen molar-refractivity contribution in [2.75, 3.05) is 19.6 Å². The number of ether oxygens (including phenoxy) is 1. The Balaban J connectivity index is 2.00. The Morgan fingerprint density at radius 2 is 1.81 bits per heavy atom. The lowest BCUT2D eigenvalue weighted by Crippen LogP contribution is -2.44. The first-order valence-corrected chi connectivity index (χ1v) is 13.1. The van der Waals surface area contributed by atoms with Crippen LogP contribution < -0.4 is 10.6 Å². The molecule has 176 valence electrons. The van der Waals surface area contributed by atoms with Gasteiger partial charge in [0.15, 0.2) is 0 Å². The van der Waals surface area contributed by atoms with Gasteiger partial charge in [-0.05, 0) is 68.4 Å². The van der Waals surface area contributed by atoms with Gasteiger partial charge in [0.05, 0.1) is 17.0 Å². The number of piperidine rings is 1. The summed E-state index contributed by atoms with van der Waals surface area (Å²) >= 11 is 0. The van der Waals surface area contributed by atoms with Crippen molar-refractivity contribution in [3.05, 3.63) is 59.7 Å². The highest BCUT2D eigenvalue weighted by atomic mass is 32.2. The molecule has 2 aromatic rings. The summed E-state index contributed by atoms with van der Waals surface area (Å²) in [5, 5.41) is 1.93. The van der Waals surface area contributed by atoms with Gasteiger partial charge in [-0.3, -0.25) is 5.84 Å². The second-order valence-corrected chi connectivity index (χ2v) is 10.7. The summed E-state index contributed by atoms with van der Waals surface area (Å²) in [5.41, 5.74) is 2.12. The molecule has 0 aromatic heterocycles. The quantitative estimate of drug-likeness (QED) is 0.564. The van der Waals surface area contributed by atoms with Crippen molar-refractivity contribution in [3.63, 3.8) is 0 Å². The molecule has 32 heavy (non-hydrogen) atoms. The lowest BCUT2D eigenvalue weighted by atomic mass is 9.81. The molecule has 1 aliphatic heterocycles. The lowest BCUT2D eigenvalue weighted by molar-refractivity contribution is 0.0919. The molecule has 0 aliphatic carbocycles. The van der Waals surface area contributed by atoms with Gasteiger partial charge in [0, 0.05) is 19.6 Å². The molecule has 0 saturated carbocycles. The van der Waals surface area contributed by atoms with Crippen LogP contribution in [0.3, 0.4) is 0 Å². The van der Waals surface area contributed by atoms with Crippen LogP contribution in [0.5, 0.6) is 5.75 Å². The largest absolute Gasteiger partial charge is 0.491 e. The summed E-state index contributed by atoms with van der Waals surface area (Å²) in [6.45, 7) is 9.43. The zero-order valence-corrected chi connectivity index (χ0v) is 20.5. The Hall–Kier alpha value is -1.93. The number of nitrogens with two attached hydrogens (primary N) is 1. The maximum absolute atomic E-state index is 13.2. The molecule has 1 saturated heterocycles. The Morgan fingerprint density at radius 3 is 2.44 bits per heavy atom. The normalized spacial score (nSPS) is 20.1. The summed E-state index contributed by atoms with van der Waals surface area (Å²) in [7, 11) is -3.54. The SMILES string of the molecule is CCN(CC)S(=O)(=O)c1ccc(OC(C)C)c(C[C@@H]2CCCN(N)[C@@H]2c2ccccc2)c1. The Morgan fingerprint density at radius 1 is 1.12 bits per heavy atom. The first kappa shape index (κ1) is 24.7. The van der Waals surface area contributed by atoms with Crippen LogP contribution in [0.15, 0.2) is 53.4 Å². The molecule has 1 fully saturated rings. The Kier molecular flexibility index (Phi) is 8.33. The molecular weight excluding hydrogens is 422 g/mol. The van der Waals surface area contributed by atoms with Crippen molar-refractivity contribution in [2.24, 2.45) is 11.8 Å². The van der Waals surface area contributed by atoms with Gasteiger partial charge < -0.3 is 4.74 Å². The van der Waals surface area contributed by atoms with Crippen molar-refractivity contribution in [1.29, 1.82) is 0 Å². The number of sulfonamides is 1. The van der Waals surface area contributed by atoms with E-state index in [1.54, 1.807) is 6.07 Å². The molecule has 6 nitrogen and oxygen atoms in total. The molecule has 0 amide bonds. The second-order valence-electron chi connectivity index (χ2n) is 8.73. The van der Waals surface area contributed by atoms with E-state index in [1.165, 1.54) is 9.87 Å². The Bertz CT molecular complexity index is 975. The van der Waals surface area contributed by atoms with Crippen LogP contribution in [0.1, 0.15) is 57.7 Å². The van der Waals surface area contributed by atoms with Gasteiger partial charge in [-0.15, -0.1) is 0 Å². The smallest absolute Gasteiger partial charge is 0.243 e. The van der Waals surface area contributed by atoms with Crippen molar-refractivity contribution in [1.82, 2.24) is 9.31 Å². The molecule has 0 radical (unpaired) electrons. The topological polar surface area (TPSA) is 75.9 Å². The highest BCUT2D eigenvalue weighted by Gasteiger charge is 2.32. The van der Waals surface area contributed by atoms with Crippen molar-refractivity contribution in [2.45, 2.75) is 64.0 Å². The molecule has 0 spiro atoms. The van der Waals surface area contributed by atoms with E-state index >= 15 is 0 Å². The minimum atomic E-state index is -3.54. The predicted molar refractivity (Wildman–Crippen MR) is 129 cm³/mol. The van der Waals surface area contributed by atoms with Gasteiger partial charge in [-0.1, -0.05) is 44.2 Å². The fourth-order valence-electron chi connectivity index (χ4n) is 4.67. The van der Waals surface area contributed by atoms with E-state index in [1.807, 2.05) is 63.0 Å². The highest BCUT2D eigenvalue weighted by Crippen LogP contribution is 2.38. The van der Waals surface area contributed by atoms with Crippen LogP contribution in [0, 0.1) is 5.92 Å². The molecule has 7 heteroatoms. The number of hydrogen-bond donors (Lipinski definition) is 1. The standard InChI is InChI=1S/C25H37N3O3S/c1-5-27(6-2)32(29,30)23-14-15-24(31-19(3)4)22(18-23)17-21-13-10-16-28(26)25(21)20-11-8-7-9-12-20/h7-9,11-12,14-15,18-19,21,25H,5-6,10,13,16-17,26H2,1-4H3/t21-,25+/m0/s1. The minimum absolute atomic E-state index is 0.00118. The Labute approximate surface area is 193 Å². The summed E-state index contributed by atoms with van der Waals surface area (Å²) in [6.07, 6.45) is 2.75. The van der Waals surface area contributed by atoms with Crippen molar-refractivity contribution >= 4 is 10.0 Å². The summed E-state index contributed by atoms with van der Waals surface area (Å²) in [5.74, 6) is 7.46. The molecule has 1 heterocycles.